The Morgan fingerprint density at radius 1 is 1.16 bits per heavy atom. The van der Waals surface area contributed by atoms with Crippen LogP contribution in [0.5, 0.6) is 0 Å². The number of carbonyl (C=O) groups is 2. The number of fused-ring (bicyclic) bond motifs is 1. The van der Waals surface area contributed by atoms with E-state index in [2.05, 4.69) is 0 Å². The van der Waals surface area contributed by atoms with Gasteiger partial charge in [0.25, 0.3) is 0 Å². The van der Waals surface area contributed by atoms with Gasteiger partial charge in [0.15, 0.2) is 0 Å². The quantitative estimate of drug-likeness (QED) is 0.867. The predicted molar refractivity (Wildman–Crippen MR) is 97.3 cm³/mol. The van der Waals surface area contributed by atoms with Gasteiger partial charge in [-0.05, 0) is 47.7 Å². The summed E-state index contributed by atoms with van der Waals surface area (Å²) >= 11 is 12.3. The Morgan fingerprint density at radius 3 is 2.68 bits per heavy atom. The molecule has 0 saturated heterocycles. The zero-order valence-corrected chi connectivity index (χ0v) is 15.0. The maximum atomic E-state index is 12.5. The van der Waals surface area contributed by atoms with E-state index >= 15 is 0 Å². The largest absolute Gasteiger partial charge is 0.478 e. The molecule has 0 aromatic heterocycles. The number of hydrogen-bond donors (Lipinski definition) is 1. The molecule has 1 N–H and O–H groups in total. The molecular formula is C19H17Cl2NO3. The van der Waals surface area contributed by atoms with Gasteiger partial charge in [0.05, 0.1) is 5.56 Å². The van der Waals surface area contributed by atoms with Gasteiger partial charge in [-0.15, -0.1) is 0 Å². The Balaban J connectivity index is 1.68. The minimum Gasteiger partial charge on any atom is -0.478 e. The lowest BCUT2D eigenvalue weighted by molar-refractivity contribution is -0.132. The van der Waals surface area contributed by atoms with Crippen LogP contribution in [0.1, 0.15) is 33.5 Å². The number of carboxylic acids is 1. The van der Waals surface area contributed by atoms with Crippen LogP contribution >= 0.6 is 23.2 Å². The third-order valence-electron chi connectivity index (χ3n) is 4.46. The molecule has 1 aliphatic heterocycles. The molecule has 1 heterocycles. The molecule has 0 unspecified atom stereocenters. The van der Waals surface area contributed by atoms with Crippen molar-refractivity contribution in [2.45, 2.75) is 25.8 Å². The van der Waals surface area contributed by atoms with Crippen molar-refractivity contribution in [3.63, 3.8) is 0 Å². The Labute approximate surface area is 156 Å². The van der Waals surface area contributed by atoms with Crippen LogP contribution in [0.3, 0.4) is 0 Å². The summed E-state index contributed by atoms with van der Waals surface area (Å²) in [5.74, 6) is -0.976. The fourth-order valence-corrected chi connectivity index (χ4v) is 3.74. The van der Waals surface area contributed by atoms with E-state index in [0.717, 1.165) is 11.1 Å². The van der Waals surface area contributed by atoms with Crippen LogP contribution in [0.2, 0.25) is 10.0 Å². The van der Waals surface area contributed by atoms with Gasteiger partial charge in [0, 0.05) is 29.6 Å². The number of aryl methyl sites for hydroxylation is 1. The summed E-state index contributed by atoms with van der Waals surface area (Å²) in [6.07, 6.45) is 1.39. The molecule has 0 bridgehead atoms. The fourth-order valence-electron chi connectivity index (χ4n) is 3.14. The summed E-state index contributed by atoms with van der Waals surface area (Å²) in [4.78, 5) is 25.6. The van der Waals surface area contributed by atoms with Crippen molar-refractivity contribution in [3.05, 3.63) is 68.7 Å². The van der Waals surface area contributed by atoms with Crippen molar-refractivity contribution in [2.24, 2.45) is 0 Å². The van der Waals surface area contributed by atoms with E-state index in [9.17, 15) is 14.7 Å². The second-order valence-corrected chi connectivity index (χ2v) is 6.90. The highest BCUT2D eigenvalue weighted by Gasteiger charge is 2.23. The Hall–Kier alpha value is -2.04. The van der Waals surface area contributed by atoms with E-state index in [1.54, 1.807) is 35.2 Å². The number of amides is 1. The molecule has 2 aromatic carbocycles. The molecule has 1 amide bonds. The van der Waals surface area contributed by atoms with Crippen LogP contribution in [0.15, 0.2) is 36.4 Å². The van der Waals surface area contributed by atoms with Crippen LogP contribution in [-0.4, -0.2) is 28.4 Å². The number of nitrogens with zero attached hydrogens (tertiary/aromatic N) is 1. The first-order valence-electron chi connectivity index (χ1n) is 8.01. The summed E-state index contributed by atoms with van der Waals surface area (Å²) in [6.45, 7) is 1.08. The average molecular weight is 378 g/mol. The summed E-state index contributed by atoms with van der Waals surface area (Å²) < 4.78 is 0. The monoisotopic (exact) mass is 377 g/mol. The van der Waals surface area contributed by atoms with Gasteiger partial charge in [-0.2, -0.15) is 0 Å². The first kappa shape index (κ1) is 17.8. The van der Waals surface area contributed by atoms with Gasteiger partial charge in [0.1, 0.15) is 0 Å². The van der Waals surface area contributed by atoms with Gasteiger partial charge in [-0.25, -0.2) is 4.79 Å². The molecule has 4 nitrogen and oxygen atoms in total. The van der Waals surface area contributed by atoms with E-state index in [1.807, 2.05) is 6.07 Å². The molecule has 2 aromatic rings. The minimum atomic E-state index is -0.974. The van der Waals surface area contributed by atoms with Gasteiger partial charge in [-0.3, -0.25) is 4.79 Å². The minimum absolute atomic E-state index is 0.00291. The molecule has 0 saturated carbocycles. The zero-order chi connectivity index (χ0) is 18.0. The van der Waals surface area contributed by atoms with Crippen LogP contribution in [-0.2, 0) is 24.2 Å². The lowest BCUT2D eigenvalue weighted by atomic mass is 9.98. The van der Waals surface area contributed by atoms with Crippen LogP contribution < -0.4 is 0 Å². The zero-order valence-electron chi connectivity index (χ0n) is 13.5. The van der Waals surface area contributed by atoms with Crippen LogP contribution in [0.25, 0.3) is 0 Å². The number of carbonyl (C=O) groups excluding carboxylic acids is 1. The third kappa shape index (κ3) is 3.97. The third-order valence-corrected chi connectivity index (χ3v) is 5.02. The van der Waals surface area contributed by atoms with Crippen molar-refractivity contribution >= 4 is 35.1 Å². The first-order chi connectivity index (χ1) is 12.0. The van der Waals surface area contributed by atoms with Gasteiger partial charge in [-0.1, -0.05) is 41.4 Å². The molecule has 1 aliphatic rings. The summed E-state index contributed by atoms with van der Waals surface area (Å²) in [5, 5.41) is 10.4. The number of carboxylic acid groups (broad SMARTS) is 1. The second-order valence-electron chi connectivity index (χ2n) is 6.05. The molecule has 0 radical (unpaired) electrons. The molecule has 25 heavy (non-hydrogen) atoms. The SMILES string of the molecule is O=C(O)c1ccccc1CCC(=O)N1CCc2cc(Cl)cc(Cl)c2C1. The van der Waals surface area contributed by atoms with Crippen molar-refractivity contribution in [1.29, 1.82) is 0 Å². The van der Waals surface area contributed by atoms with Crippen molar-refractivity contribution in [3.8, 4) is 0 Å². The molecule has 6 heteroatoms. The Morgan fingerprint density at radius 2 is 1.92 bits per heavy atom. The Kier molecular flexibility index (Phi) is 5.30. The van der Waals surface area contributed by atoms with E-state index in [-0.39, 0.29) is 17.9 Å². The second kappa shape index (κ2) is 7.46. The molecular weight excluding hydrogens is 361 g/mol. The number of rotatable bonds is 4. The lowest BCUT2D eigenvalue weighted by Gasteiger charge is -2.30. The molecule has 130 valence electrons. The van der Waals surface area contributed by atoms with Crippen LogP contribution in [0.4, 0.5) is 0 Å². The molecule has 3 rings (SSSR count). The normalized spacial score (nSPS) is 13.4. The van der Waals surface area contributed by atoms with E-state index in [1.165, 1.54) is 0 Å². The molecule has 0 aliphatic carbocycles. The number of hydrogen-bond acceptors (Lipinski definition) is 2. The van der Waals surface area contributed by atoms with Crippen molar-refractivity contribution < 1.29 is 14.7 Å². The molecule has 0 atom stereocenters. The maximum Gasteiger partial charge on any atom is 0.335 e. The smallest absolute Gasteiger partial charge is 0.335 e. The highest BCUT2D eigenvalue weighted by molar-refractivity contribution is 6.35. The van der Waals surface area contributed by atoms with Gasteiger partial charge >= 0.3 is 5.97 Å². The number of aromatic carboxylic acids is 1. The van der Waals surface area contributed by atoms with E-state index < -0.39 is 5.97 Å². The molecule has 0 spiro atoms. The predicted octanol–water partition coefficient (Wildman–Crippen LogP) is 4.21. The summed E-state index contributed by atoms with van der Waals surface area (Å²) in [5.41, 5.74) is 2.94. The number of benzene rings is 2. The highest BCUT2D eigenvalue weighted by atomic mass is 35.5. The fraction of sp³-hybridized carbons (Fsp3) is 0.263. The lowest BCUT2D eigenvalue weighted by Crippen LogP contribution is -2.36. The molecule has 0 fully saturated rings. The first-order valence-corrected chi connectivity index (χ1v) is 8.77. The topological polar surface area (TPSA) is 57.6 Å². The van der Waals surface area contributed by atoms with Crippen molar-refractivity contribution in [2.75, 3.05) is 6.54 Å². The highest BCUT2D eigenvalue weighted by Crippen LogP contribution is 2.30. The Bertz CT molecular complexity index is 835. The standard InChI is InChI=1S/C19H17Cl2NO3/c20-14-9-13-7-8-22(11-16(13)17(21)10-14)18(23)6-5-12-3-1-2-4-15(12)19(24)25/h1-4,9-10H,5-8,11H2,(H,24,25). The average Bonchev–Trinajstić information content (AvgIpc) is 2.59. The summed E-state index contributed by atoms with van der Waals surface area (Å²) in [7, 11) is 0. The van der Waals surface area contributed by atoms with Gasteiger partial charge in [0.2, 0.25) is 5.91 Å². The van der Waals surface area contributed by atoms with Crippen LogP contribution in [0, 0.1) is 0 Å². The number of halogens is 2. The maximum absolute atomic E-state index is 12.5. The van der Waals surface area contributed by atoms with E-state index in [0.29, 0.717) is 41.5 Å². The summed E-state index contributed by atoms with van der Waals surface area (Å²) in [6, 6.07) is 10.4. The van der Waals surface area contributed by atoms with Crippen molar-refractivity contribution in [1.82, 2.24) is 4.90 Å². The van der Waals surface area contributed by atoms with E-state index in [4.69, 9.17) is 23.2 Å². The van der Waals surface area contributed by atoms with Gasteiger partial charge < -0.3 is 10.0 Å².